The number of rotatable bonds is 9. The second kappa shape index (κ2) is 8.74. The van der Waals surface area contributed by atoms with Gasteiger partial charge in [-0.2, -0.15) is 11.3 Å². The van der Waals surface area contributed by atoms with Crippen molar-refractivity contribution in [3.8, 4) is 0 Å². The van der Waals surface area contributed by atoms with E-state index in [1.165, 1.54) is 12.0 Å². The lowest BCUT2D eigenvalue weighted by Gasteiger charge is -2.07. The molecule has 16 heavy (non-hydrogen) atoms. The van der Waals surface area contributed by atoms with Gasteiger partial charge < -0.3 is 10.6 Å². The maximum Gasteiger partial charge on any atom is -0.000805 e. The maximum atomic E-state index is 3.48. The van der Waals surface area contributed by atoms with Gasteiger partial charge in [0, 0.05) is 0 Å². The van der Waals surface area contributed by atoms with Crippen molar-refractivity contribution in [2.75, 3.05) is 26.2 Å². The van der Waals surface area contributed by atoms with Gasteiger partial charge in [0.15, 0.2) is 0 Å². The molecule has 0 aromatic carbocycles. The summed E-state index contributed by atoms with van der Waals surface area (Å²) in [5, 5.41) is 11.3. The van der Waals surface area contributed by atoms with Crippen LogP contribution in [0.5, 0.6) is 0 Å². The van der Waals surface area contributed by atoms with Crippen molar-refractivity contribution in [2.24, 2.45) is 5.92 Å². The maximum absolute atomic E-state index is 3.48. The van der Waals surface area contributed by atoms with Crippen LogP contribution in [0, 0.1) is 5.92 Å². The summed E-state index contributed by atoms with van der Waals surface area (Å²) >= 11 is 1.78. The summed E-state index contributed by atoms with van der Waals surface area (Å²) in [5.41, 5.74) is 1.45. The van der Waals surface area contributed by atoms with Gasteiger partial charge in [-0.25, -0.2) is 0 Å². The summed E-state index contributed by atoms with van der Waals surface area (Å²) in [6.07, 6.45) is 2.37. The summed E-state index contributed by atoms with van der Waals surface area (Å²) < 4.78 is 0. The van der Waals surface area contributed by atoms with Gasteiger partial charge in [0.1, 0.15) is 0 Å². The zero-order chi connectivity index (χ0) is 11.6. The molecule has 0 atom stereocenters. The van der Waals surface area contributed by atoms with Gasteiger partial charge in [0.05, 0.1) is 0 Å². The highest BCUT2D eigenvalue weighted by Crippen LogP contribution is 2.05. The molecule has 3 heteroatoms. The molecule has 1 rings (SSSR count). The summed E-state index contributed by atoms with van der Waals surface area (Å²) in [6.45, 7) is 8.97. The molecule has 2 N–H and O–H groups in total. The van der Waals surface area contributed by atoms with Crippen LogP contribution < -0.4 is 10.6 Å². The minimum Gasteiger partial charge on any atom is -0.316 e. The Morgan fingerprint density at radius 1 is 1.19 bits per heavy atom. The van der Waals surface area contributed by atoms with E-state index in [2.05, 4.69) is 41.3 Å². The topological polar surface area (TPSA) is 24.1 Å². The lowest BCUT2D eigenvalue weighted by atomic mass is 10.2. The Morgan fingerprint density at radius 2 is 2.00 bits per heavy atom. The first-order chi connectivity index (χ1) is 7.79. The van der Waals surface area contributed by atoms with E-state index in [0.717, 1.165) is 38.5 Å². The number of thiophene rings is 1. The Morgan fingerprint density at radius 3 is 2.69 bits per heavy atom. The summed E-state index contributed by atoms with van der Waals surface area (Å²) in [7, 11) is 0. The standard InChI is InChI=1S/C13H24N2S/c1-12(2)10-15-7-3-6-14-8-4-13-5-9-16-11-13/h5,9,11-12,14-15H,3-4,6-8,10H2,1-2H3. The molecule has 92 valence electrons. The average Bonchev–Trinajstić information content (AvgIpc) is 2.74. The first-order valence-corrected chi connectivity index (χ1v) is 7.16. The summed E-state index contributed by atoms with van der Waals surface area (Å²) in [5.74, 6) is 0.756. The normalized spacial score (nSPS) is 11.2. The molecule has 0 fully saturated rings. The van der Waals surface area contributed by atoms with E-state index < -0.39 is 0 Å². The van der Waals surface area contributed by atoms with Gasteiger partial charge in [-0.05, 0) is 67.3 Å². The zero-order valence-corrected chi connectivity index (χ0v) is 11.3. The zero-order valence-electron chi connectivity index (χ0n) is 10.5. The molecule has 0 aliphatic heterocycles. The molecule has 2 nitrogen and oxygen atoms in total. The molecule has 1 aromatic heterocycles. The molecule has 0 amide bonds. The SMILES string of the molecule is CC(C)CNCCCNCCc1ccsc1. The fraction of sp³-hybridized carbons (Fsp3) is 0.692. The molecular formula is C13H24N2S. The molecule has 0 saturated carbocycles. The summed E-state index contributed by atoms with van der Waals surface area (Å²) in [6, 6.07) is 2.20. The van der Waals surface area contributed by atoms with Crippen molar-refractivity contribution >= 4 is 11.3 Å². The van der Waals surface area contributed by atoms with Crippen molar-refractivity contribution in [2.45, 2.75) is 26.7 Å². The largest absolute Gasteiger partial charge is 0.316 e. The highest BCUT2D eigenvalue weighted by Gasteiger charge is 1.94. The molecule has 0 aliphatic rings. The molecule has 0 aliphatic carbocycles. The van der Waals surface area contributed by atoms with Crippen molar-refractivity contribution in [3.63, 3.8) is 0 Å². The van der Waals surface area contributed by atoms with E-state index in [0.29, 0.717) is 0 Å². The van der Waals surface area contributed by atoms with Crippen LogP contribution in [0.1, 0.15) is 25.8 Å². The molecule has 0 radical (unpaired) electrons. The Bertz CT molecular complexity index is 244. The van der Waals surface area contributed by atoms with Gasteiger partial charge >= 0.3 is 0 Å². The van der Waals surface area contributed by atoms with Crippen LogP contribution in [0.25, 0.3) is 0 Å². The third kappa shape index (κ3) is 6.99. The van der Waals surface area contributed by atoms with E-state index in [-0.39, 0.29) is 0 Å². The van der Waals surface area contributed by atoms with Gasteiger partial charge in [0.2, 0.25) is 0 Å². The highest BCUT2D eigenvalue weighted by molar-refractivity contribution is 7.07. The first-order valence-electron chi connectivity index (χ1n) is 6.21. The predicted molar refractivity (Wildman–Crippen MR) is 73.2 cm³/mol. The fourth-order valence-electron chi connectivity index (χ4n) is 1.52. The summed E-state index contributed by atoms with van der Waals surface area (Å²) in [4.78, 5) is 0. The van der Waals surface area contributed by atoms with Crippen LogP contribution in [0.3, 0.4) is 0 Å². The van der Waals surface area contributed by atoms with Crippen molar-refractivity contribution < 1.29 is 0 Å². The predicted octanol–water partition coefficient (Wildman–Crippen LogP) is 2.52. The van der Waals surface area contributed by atoms with E-state index >= 15 is 0 Å². The Hall–Kier alpha value is -0.380. The minimum absolute atomic E-state index is 0.756. The highest BCUT2D eigenvalue weighted by atomic mass is 32.1. The van der Waals surface area contributed by atoms with Crippen molar-refractivity contribution in [1.82, 2.24) is 10.6 Å². The van der Waals surface area contributed by atoms with Crippen LogP contribution in [0.4, 0.5) is 0 Å². The smallest absolute Gasteiger partial charge is 0.000805 e. The Kier molecular flexibility index (Phi) is 7.47. The third-order valence-electron chi connectivity index (χ3n) is 2.43. The van der Waals surface area contributed by atoms with Gasteiger partial charge in [-0.15, -0.1) is 0 Å². The lowest BCUT2D eigenvalue weighted by Crippen LogP contribution is -2.25. The van der Waals surface area contributed by atoms with E-state index in [1.54, 1.807) is 11.3 Å². The van der Waals surface area contributed by atoms with Crippen LogP contribution in [-0.2, 0) is 6.42 Å². The van der Waals surface area contributed by atoms with Crippen LogP contribution in [0.2, 0.25) is 0 Å². The van der Waals surface area contributed by atoms with E-state index in [9.17, 15) is 0 Å². The molecule has 0 bridgehead atoms. The minimum atomic E-state index is 0.756. The fourth-order valence-corrected chi connectivity index (χ4v) is 2.22. The molecule has 1 heterocycles. The number of nitrogens with one attached hydrogen (secondary N) is 2. The number of hydrogen-bond acceptors (Lipinski definition) is 3. The number of hydrogen-bond donors (Lipinski definition) is 2. The molecule has 1 aromatic rings. The van der Waals surface area contributed by atoms with Crippen LogP contribution >= 0.6 is 11.3 Å². The van der Waals surface area contributed by atoms with Crippen molar-refractivity contribution in [1.29, 1.82) is 0 Å². The quantitative estimate of drug-likeness (QED) is 0.648. The van der Waals surface area contributed by atoms with Crippen molar-refractivity contribution in [3.05, 3.63) is 22.4 Å². The third-order valence-corrected chi connectivity index (χ3v) is 3.16. The van der Waals surface area contributed by atoms with Gasteiger partial charge in [-0.3, -0.25) is 0 Å². The second-order valence-electron chi connectivity index (χ2n) is 4.58. The van der Waals surface area contributed by atoms with Crippen LogP contribution in [-0.4, -0.2) is 26.2 Å². The average molecular weight is 240 g/mol. The monoisotopic (exact) mass is 240 g/mol. The Labute approximate surface area is 103 Å². The molecular weight excluding hydrogens is 216 g/mol. The molecule has 0 unspecified atom stereocenters. The van der Waals surface area contributed by atoms with E-state index in [1.807, 2.05) is 0 Å². The lowest BCUT2D eigenvalue weighted by molar-refractivity contribution is 0.531. The van der Waals surface area contributed by atoms with E-state index in [4.69, 9.17) is 0 Å². The molecule has 0 spiro atoms. The van der Waals surface area contributed by atoms with Gasteiger partial charge in [-0.1, -0.05) is 13.8 Å². The Balaban J connectivity index is 1.82. The van der Waals surface area contributed by atoms with Crippen LogP contribution in [0.15, 0.2) is 16.8 Å². The molecule has 0 saturated heterocycles. The second-order valence-corrected chi connectivity index (χ2v) is 5.36. The first kappa shape index (κ1) is 13.7. The van der Waals surface area contributed by atoms with Gasteiger partial charge in [0.25, 0.3) is 0 Å².